The fraction of sp³-hybridized carbons (Fsp3) is 0.286. The number of urea groups is 1. The third kappa shape index (κ3) is 5.98. The van der Waals surface area contributed by atoms with Crippen molar-refractivity contribution in [3.05, 3.63) is 53.3 Å². The number of nitrogens with zero attached hydrogens (tertiary/aromatic N) is 2. The van der Waals surface area contributed by atoms with Crippen molar-refractivity contribution in [2.75, 3.05) is 11.9 Å². The second-order valence-corrected chi connectivity index (χ2v) is 8.06. The molecule has 2 aromatic heterocycles. The third-order valence-electron chi connectivity index (χ3n) is 4.10. The van der Waals surface area contributed by atoms with Gasteiger partial charge in [-0.05, 0) is 50.6 Å². The average Bonchev–Trinajstić information content (AvgIpc) is 3.13. The predicted molar refractivity (Wildman–Crippen MR) is 120 cm³/mol. The van der Waals surface area contributed by atoms with Crippen LogP contribution in [0.4, 0.5) is 9.93 Å². The fourth-order valence-corrected chi connectivity index (χ4v) is 3.66. The number of carbonyl (C=O) groups excluding carboxylic acids is 3. The molecule has 0 radical (unpaired) electrons. The number of hydrogen-bond donors (Lipinski definition) is 4. The number of aromatic nitrogens is 2. The van der Waals surface area contributed by atoms with Crippen molar-refractivity contribution < 1.29 is 14.4 Å². The van der Waals surface area contributed by atoms with Gasteiger partial charge in [0.15, 0.2) is 5.13 Å². The highest BCUT2D eigenvalue weighted by molar-refractivity contribution is 7.22. The molecule has 0 bridgehead atoms. The van der Waals surface area contributed by atoms with Crippen LogP contribution in [0.1, 0.15) is 47.3 Å². The van der Waals surface area contributed by atoms with Gasteiger partial charge in [-0.2, -0.15) is 0 Å². The molecule has 0 unspecified atom stereocenters. The van der Waals surface area contributed by atoms with Gasteiger partial charge in [-0.25, -0.2) is 14.8 Å². The van der Waals surface area contributed by atoms with Gasteiger partial charge in [-0.1, -0.05) is 23.5 Å². The third-order valence-corrected chi connectivity index (χ3v) is 5.03. The van der Waals surface area contributed by atoms with Crippen molar-refractivity contribution in [3.63, 3.8) is 0 Å². The van der Waals surface area contributed by atoms with Crippen LogP contribution >= 0.6 is 11.3 Å². The number of pyridine rings is 1. The summed E-state index contributed by atoms with van der Waals surface area (Å²) in [6.45, 7) is 6.36. The summed E-state index contributed by atoms with van der Waals surface area (Å²) in [5, 5.41) is 11.4. The summed E-state index contributed by atoms with van der Waals surface area (Å²) in [6, 6.07) is 10.0. The van der Waals surface area contributed by atoms with E-state index in [0.29, 0.717) is 11.7 Å². The minimum atomic E-state index is -0.373. The first-order chi connectivity index (χ1) is 14.9. The SMILES string of the molecule is CCNC(=O)Nc1nc2ccc(CNC(=O)c3cccc(C(=O)NC(C)C)n3)cc2s1. The summed E-state index contributed by atoms with van der Waals surface area (Å²) in [5.74, 6) is -0.695. The number of thiazole rings is 1. The standard InChI is InChI=1S/C21H24N6O3S/c1-4-22-20(30)27-21-26-14-9-8-13(10-17(14)31-21)11-23-18(28)15-6-5-7-16(25-15)19(29)24-12(2)3/h5-10,12H,4,11H2,1-3H3,(H,23,28)(H,24,29)(H2,22,26,27,30). The molecule has 31 heavy (non-hydrogen) atoms. The lowest BCUT2D eigenvalue weighted by Crippen LogP contribution is -2.31. The summed E-state index contributed by atoms with van der Waals surface area (Å²) in [6.07, 6.45) is 0. The van der Waals surface area contributed by atoms with Gasteiger partial charge in [0.2, 0.25) is 0 Å². The Labute approximate surface area is 183 Å². The molecule has 0 spiro atoms. The quantitative estimate of drug-likeness (QED) is 0.450. The van der Waals surface area contributed by atoms with Gasteiger partial charge in [-0.3, -0.25) is 14.9 Å². The molecule has 4 N–H and O–H groups in total. The van der Waals surface area contributed by atoms with E-state index in [1.54, 1.807) is 18.2 Å². The molecule has 162 valence electrons. The molecule has 0 aliphatic heterocycles. The molecule has 2 heterocycles. The molecule has 0 saturated heterocycles. The predicted octanol–water partition coefficient (Wildman–Crippen LogP) is 2.90. The Morgan fingerprint density at radius 3 is 2.45 bits per heavy atom. The minimum absolute atomic E-state index is 0.0230. The van der Waals surface area contributed by atoms with Gasteiger partial charge < -0.3 is 16.0 Å². The van der Waals surface area contributed by atoms with Crippen LogP contribution in [0.3, 0.4) is 0 Å². The summed E-state index contributed by atoms with van der Waals surface area (Å²) in [7, 11) is 0. The van der Waals surface area contributed by atoms with Crippen molar-refractivity contribution in [2.45, 2.75) is 33.4 Å². The van der Waals surface area contributed by atoms with E-state index < -0.39 is 0 Å². The van der Waals surface area contributed by atoms with Crippen LogP contribution in [-0.4, -0.2) is 40.4 Å². The zero-order valence-corrected chi connectivity index (χ0v) is 18.3. The summed E-state index contributed by atoms with van der Waals surface area (Å²) in [5.41, 5.74) is 2.00. The second-order valence-electron chi connectivity index (χ2n) is 7.02. The van der Waals surface area contributed by atoms with Crippen molar-refractivity contribution in [2.24, 2.45) is 0 Å². The average molecular weight is 441 g/mol. The van der Waals surface area contributed by atoms with Crippen molar-refractivity contribution in [1.82, 2.24) is 25.9 Å². The Balaban J connectivity index is 1.64. The molecule has 3 aromatic rings. The monoisotopic (exact) mass is 440 g/mol. The zero-order valence-electron chi connectivity index (χ0n) is 17.5. The normalized spacial score (nSPS) is 10.7. The van der Waals surface area contributed by atoms with Gasteiger partial charge in [0.05, 0.1) is 10.2 Å². The van der Waals surface area contributed by atoms with Crippen LogP contribution < -0.4 is 21.3 Å². The maximum atomic E-state index is 12.5. The van der Waals surface area contributed by atoms with E-state index in [0.717, 1.165) is 15.8 Å². The van der Waals surface area contributed by atoms with Crippen molar-refractivity contribution in [3.8, 4) is 0 Å². The Hall–Kier alpha value is -3.53. The van der Waals surface area contributed by atoms with Crippen molar-refractivity contribution in [1.29, 1.82) is 0 Å². The highest BCUT2D eigenvalue weighted by Gasteiger charge is 2.13. The number of benzene rings is 1. The number of fused-ring (bicyclic) bond motifs is 1. The lowest BCUT2D eigenvalue weighted by atomic mass is 10.2. The molecule has 1 aromatic carbocycles. The van der Waals surface area contributed by atoms with Crippen LogP contribution in [0.5, 0.6) is 0 Å². The molecule has 0 aliphatic rings. The van der Waals surface area contributed by atoms with Gasteiger partial charge in [0.1, 0.15) is 11.4 Å². The summed E-state index contributed by atoms with van der Waals surface area (Å²) >= 11 is 1.35. The highest BCUT2D eigenvalue weighted by Crippen LogP contribution is 2.26. The van der Waals surface area contributed by atoms with Crippen LogP contribution in [0.2, 0.25) is 0 Å². The highest BCUT2D eigenvalue weighted by atomic mass is 32.1. The van der Waals surface area contributed by atoms with E-state index in [4.69, 9.17) is 0 Å². The minimum Gasteiger partial charge on any atom is -0.349 e. The first-order valence-corrected chi connectivity index (χ1v) is 10.7. The van der Waals surface area contributed by atoms with E-state index in [1.807, 2.05) is 39.0 Å². The molecule has 0 fully saturated rings. The molecule has 3 rings (SSSR count). The van der Waals surface area contributed by atoms with E-state index in [-0.39, 0.29) is 41.8 Å². The van der Waals surface area contributed by atoms with Gasteiger partial charge in [0, 0.05) is 19.1 Å². The van der Waals surface area contributed by atoms with E-state index >= 15 is 0 Å². The molecule has 0 aliphatic carbocycles. The maximum absolute atomic E-state index is 12.5. The van der Waals surface area contributed by atoms with Gasteiger partial charge in [0.25, 0.3) is 11.8 Å². The molecule has 0 atom stereocenters. The summed E-state index contributed by atoms with van der Waals surface area (Å²) < 4.78 is 0.893. The van der Waals surface area contributed by atoms with Gasteiger partial charge in [-0.15, -0.1) is 0 Å². The zero-order chi connectivity index (χ0) is 22.4. The Bertz CT molecular complexity index is 1110. The largest absolute Gasteiger partial charge is 0.349 e. The lowest BCUT2D eigenvalue weighted by Gasteiger charge is -2.09. The van der Waals surface area contributed by atoms with Crippen LogP contribution in [0, 0.1) is 0 Å². The number of carbonyl (C=O) groups is 3. The first-order valence-electron chi connectivity index (χ1n) is 9.86. The van der Waals surface area contributed by atoms with Crippen LogP contribution in [0.25, 0.3) is 10.2 Å². The second kappa shape index (κ2) is 9.98. The lowest BCUT2D eigenvalue weighted by molar-refractivity contribution is 0.0936. The molecule has 4 amide bonds. The van der Waals surface area contributed by atoms with Crippen molar-refractivity contribution >= 4 is 44.5 Å². The Morgan fingerprint density at radius 2 is 1.74 bits per heavy atom. The van der Waals surface area contributed by atoms with Gasteiger partial charge >= 0.3 is 6.03 Å². The van der Waals surface area contributed by atoms with E-state index in [2.05, 4.69) is 31.2 Å². The number of amides is 4. The van der Waals surface area contributed by atoms with Crippen LogP contribution in [-0.2, 0) is 6.54 Å². The first kappa shape index (κ1) is 22.2. The molecule has 9 nitrogen and oxygen atoms in total. The molecule has 10 heteroatoms. The number of anilines is 1. The molecular weight excluding hydrogens is 416 g/mol. The van der Waals surface area contributed by atoms with E-state index in [1.165, 1.54) is 11.3 Å². The number of hydrogen-bond acceptors (Lipinski definition) is 6. The fourth-order valence-electron chi connectivity index (χ4n) is 2.73. The van der Waals surface area contributed by atoms with Crippen LogP contribution in [0.15, 0.2) is 36.4 Å². The molecule has 0 saturated carbocycles. The Kier molecular flexibility index (Phi) is 7.14. The molecular formula is C21H24N6O3S. The topological polar surface area (TPSA) is 125 Å². The van der Waals surface area contributed by atoms with E-state index in [9.17, 15) is 14.4 Å². The summed E-state index contributed by atoms with van der Waals surface area (Å²) in [4.78, 5) is 44.8. The maximum Gasteiger partial charge on any atom is 0.321 e. The smallest absolute Gasteiger partial charge is 0.321 e. The number of rotatable bonds is 7. The Morgan fingerprint density at radius 1 is 1.00 bits per heavy atom. The number of nitrogens with one attached hydrogen (secondary N) is 4.